The Kier molecular flexibility index (Phi) is 9.36. The number of fused-ring (bicyclic) bond motifs is 8. The van der Waals surface area contributed by atoms with E-state index in [4.69, 9.17) is 0 Å². The van der Waals surface area contributed by atoms with Crippen LogP contribution in [0.5, 0.6) is 0 Å². The Hall–Kier alpha value is -5.20. The summed E-state index contributed by atoms with van der Waals surface area (Å²) < 4.78 is 0. The van der Waals surface area contributed by atoms with E-state index in [0.29, 0.717) is 35.5 Å². The molecule has 66 heavy (non-hydrogen) atoms. The molecule has 0 bridgehead atoms. The molecular weight excluding hydrogens is 793 g/mol. The molecule has 0 spiro atoms. The van der Waals surface area contributed by atoms with Gasteiger partial charge < -0.3 is 0 Å². The van der Waals surface area contributed by atoms with Gasteiger partial charge in [0.2, 0.25) is 0 Å². The Bertz CT molecular complexity index is 2990. The molecule has 0 radical (unpaired) electrons. The van der Waals surface area contributed by atoms with Gasteiger partial charge in [0.05, 0.1) is 0 Å². The lowest BCUT2D eigenvalue weighted by atomic mass is 9.59. The molecule has 334 valence electrons. The third-order valence-electron chi connectivity index (χ3n) is 18.3. The zero-order valence-corrected chi connectivity index (χ0v) is 41.4. The van der Waals surface area contributed by atoms with Crippen LogP contribution in [0.4, 0.5) is 0 Å². The fraction of sp³-hybridized carbons (Fsp3) is 0.394. The molecule has 6 atom stereocenters. The van der Waals surface area contributed by atoms with Gasteiger partial charge in [-0.25, -0.2) is 0 Å². The zero-order valence-electron chi connectivity index (χ0n) is 41.4. The van der Waals surface area contributed by atoms with E-state index in [1.807, 2.05) is 0 Å². The van der Waals surface area contributed by atoms with E-state index < -0.39 is 0 Å². The minimum absolute atomic E-state index is 0.0325. The molecule has 12 rings (SSSR count). The Balaban J connectivity index is 0.977. The fourth-order valence-electron chi connectivity index (χ4n) is 14.5. The Morgan fingerprint density at radius 2 is 1.06 bits per heavy atom. The van der Waals surface area contributed by atoms with Crippen LogP contribution in [0.2, 0.25) is 0 Å². The van der Waals surface area contributed by atoms with Crippen molar-refractivity contribution in [2.75, 3.05) is 0 Å². The summed E-state index contributed by atoms with van der Waals surface area (Å²) in [7, 11) is 0. The Labute approximate surface area is 396 Å². The molecule has 0 aliphatic heterocycles. The van der Waals surface area contributed by atoms with Crippen LogP contribution in [0.15, 0.2) is 184 Å². The third-order valence-corrected chi connectivity index (χ3v) is 18.3. The largest absolute Gasteiger partial charge is 0.0799 e. The van der Waals surface area contributed by atoms with Crippen molar-refractivity contribution in [1.29, 1.82) is 0 Å². The van der Waals surface area contributed by atoms with Crippen LogP contribution in [-0.4, -0.2) is 0 Å². The first-order chi connectivity index (χ1) is 31.5. The molecule has 0 heteroatoms. The molecule has 9 aliphatic carbocycles. The summed E-state index contributed by atoms with van der Waals surface area (Å²) in [5.41, 5.74) is 28.4. The number of benzene rings is 3. The second-order valence-electron chi connectivity index (χ2n) is 24.7. The zero-order chi connectivity index (χ0) is 45.7. The van der Waals surface area contributed by atoms with Gasteiger partial charge in [-0.3, -0.25) is 0 Å². The molecule has 3 aromatic rings. The highest BCUT2D eigenvalue weighted by Crippen LogP contribution is 2.61. The highest BCUT2D eigenvalue weighted by molar-refractivity contribution is 5.88. The summed E-state index contributed by atoms with van der Waals surface area (Å²) in [5, 5.41) is 0. The Morgan fingerprint density at radius 3 is 1.68 bits per heavy atom. The number of allylic oxidation sites excluding steroid dienone is 22. The van der Waals surface area contributed by atoms with Gasteiger partial charge in [0, 0.05) is 22.7 Å². The highest BCUT2D eigenvalue weighted by atomic mass is 14.5. The van der Waals surface area contributed by atoms with E-state index in [0.717, 1.165) is 38.5 Å². The maximum Gasteiger partial charge on any atom is 0.0125 e. The van der Waals surface area contributed by atoms with Gasteiger partial charge in [0.1, 0.15) is 0 Å². The summed E-state index contributed by atoms with van der Waals surface area (Å²) >= 11 is 0. The van der Waals surface area contributed by atoms with Crippen LogP contribution in [0.25, 0.3) is 16.7 Å². The number of hydrogen-bond acceptors (Lipinski definition) is 0. The predicted molar refractivity (Wildman–Crippen MR) is 280 cm³/mol. The highest BCUT2D eigenvalue weighted by Gasteiger charge is 2.46. The second-order valence-corrected chi connectivity index (χ2v) is 24.7. The summed E-state index contributed by atoms with van der Waals surface area (Å²) in [6, 6.07) is 28.1. The van der Waals surface area contributed by atoms with Crippen molar-refractivity contribution in [3.63, 3.8) is 0 Å². The van der Waals surface area contributed by atoms with Crippen LogP contribution in [0, 0.1) is 40.4 Å². The first-order valence-electron chi connectivity index (χ1n) is 25.6. The van der Waals surface area contributed by atoms with Crippen LogP contribution >= 0.6 is 0 Å². The summed E-state index contributed by atoms with van der Waals surface area (Å²) in [6.07, 6.45) is 32.7. The number of hydrogen-bond donors (Lipinski definition) is 0. The van der Waals surface area contributed by atoms with E-state index in [-0.39, 0.29) is 21.7 Å². The predicted octanol–water partition coefficient (Wildman–Crippen LogP) is 17.3. The second kappa shape index (κ2) is 14.6. The van der Waals surface area contributed by atoms with Crippen LogP contribution in [0.1, 0.15) is 147 Å². The molecule has 0 fully saturated rings. The average molecular weight is 863 g/mol. The van der Waals surface area contributed by atoms with E-state index in [9.17, 15) is 0 Å². The molecule has 0 aromatic heterocycles. The molecule has 0 saturated carbocycles. The SMILES string of the molecule is CC(C)(C)C1=CC2C=CC(C(C)(C)C)=CC2C(C2=CC3=C(CC2)C2=C(CC3C3C=CC4=C(C3)C(C)(C)c3ccccc34)c3ccccc3C(C3C=CC4=C(C3)C(C)(C)c3ccccc34)C2)=C1. The van der Waals surface area contributed by atoms with Crippen molar-refractivity contribution in [2.24, 2.45) is 40.4 Å². The average Bonchev–Trinajstić information content (AvgIpc) is 3.68. The van der Waals surface area contributed by atoms with E-state index in [1.54, 1.807) is 50.1 Å². The maximum absolute atomic E-state index is 2.79. The molecule has 9 aliphatic rings. The van der Waals surface area contributed by atoms with Crippen LogP contribution < -0.4 is 0 Å². The van der Waals surface area contributed by atoms with Gasteiger partial charge in [-0.05, 0) is 162 Å². The topological polar surface area (TPSA) is 0 Å². The van der Waals surface area contributed by atoms with Crippen LogP contribution in [0.3, 0.4) is 0 Å². The van der Waals surface area contributed by atoms with Crippen LogP contribution in [-0.2, 0) is 10.8 Å². The first-order valence-corrected chi connectivity index (χ1v) is 25.6. The summed E-state index contributed by atoms with van der Waals surface area (Å²) in [4.78, 5) is 0. The van der Waals surface area contributed by atoms with Gasteiger partial charge in [-0.1, -0.05) is 214 Å². The van der Waals surface area contributed by atoms with Crippen molar-refractivity contribution in [3.05, 3.63) is 217 Å². The van der Waals surface area contributed by atoms with Gasteiger partial charge >= 0.3 is 0 Å². The normalized spacial score (nSPS) is 28.9. The first kappa shape index (κ1) is 42.2. The van der Waals surface area contributed by atoms with Gasteiger partial charge in [0.15, 0.2) is 0 Å². The van der Waals surface area contributed by atoms with Gasteiger partial charge in [-0.2, -0.15) is 0 Å². The monoisotopic (exact) mass is 863 g/mol. The van der Waals surface area contributed by atoms with E-state index in [2.05, 4.69) is 203 Å². The minimum Gasteiger partial charge on any atom is -0.0799 e. The van der Waals surface area contributed by atoms with Gasteiger partial charge in [0.25, 0.3) is 0 Å². The number of rotatable bonds is 3. The Morgan fingerprint density at radius 1 is 0.500 bits per heavy atom. The lowest BCUT2D eigenvalue weighted by Crippen LogP contribution is -2.30. The maximum atomic E-state index is 2.79. The van der Waals surface area contributed by atoms with E-state index >= 15 is 0 Å². The summed E-state index contributed by atoms with van der Waals surface area (Å²) in [6.45, 7) is 24.3. The quantitative estimate of drug-likeness (QED) is 0.246. The molecule has 0 amide bonds. The molecule has 6 unspecified atom stereocenters. The van der Waals surface area contributed by atoms with E-state index in [1.165, 1.54) is 50.1 Å². The molecular formula is C66H70. The minimum atomic E-state index is 0.0325. The molecule has 0 heterocycles. The lowest BCUT2D eigenvalue weighted by molar-refractivity contribution is 0.419. The van der Waals surface area contributed by atoms with Gasteiger partial charge in [-0.15, -0.1) is 0 Å². The fourth-order valence-corrected chi connectivity index (χ4v) is 14.5. The van der Waals surface area contributed by atoms with Crippen molar-refractivity contribution in [3.8, 4) is 0 Å². The molecule has 0 nitrogen and oxygen atoms in total. The standard InChI is InChI=1S/C66H70/c1-63(2,3)43-27-23-39-31-44(64(4,5)6)36-53(52(39)35-43)40-24-28-47-56(32-40)55(42-26-30-51-49-20-14-16-22-60(49)66(9,10)62(51)34-42)38-57-46-18-12-11-17-45(46)54(37-58(47)57)41-25-29-50-48-19-13-15-21-59(48)65(7,8)61(50)33-41/h11-23,25-27,29-32,35-36,39,41-42,52,54-55H,24,28,33-34,37-38H2,1-10H3. The van der Waals surface area contributed by atoms with Crippen molar-refractivity contribution in [1.82, 2.24) is 0 Å². The van der Waals surface area contributed by atoms with Crippen molar-refractivity contribution in [2.45, 2.75) is 125 Å². The van der Waals surface area contributed by atoms with Crippen molar-refractivity contribution >= 4 is 16.7 Å². The van der Waals surface area contributed by atoms with Crippen molar-refractivity contribution < 1.29 is 0 Å². The third kappa shape index (κ3) is 6.36. The molecule has 3 aromatic carbocycles. The summed E-state index contributed by atoms with van der Waals surface area (Å²) in [5.74, 6) is 2.55. The molecule has 0 N–H and O–H groups in total. The smallest absolute Gasteiger partial charge is 0.0125 e. The molecule has 0 saturated heterocycles. The lowest BCUT2D eigenvalue weighted by Gasteiger charge is -2.44.